The van der Waals surface area contributed by atoms with Gasteiger partial charge in [0.1, 0.15) is 11.4 Å². The second-order valence-electron chi connectivity index (χ2n) is 3.41. The maximum Gasteiger partial charge on any atom is 0.342 e. The molecule has 1 aromatic carbocycles. The molecule has 0 spiro atoms. The van der Waals surface area contributed by atoms with Gasteiger partial charge in [-0.05, 0) is 18.2 Å². The number of benzene rings is 1. The van der Waals surface area contributed by atoms with Crippen molar-refractivity contribution in [3.05, 3.63) is 50.4 Å². The van der Waals surface area contributed by atoms with Crippen LogP contribution in [0.5, 0.6) is 0 Å². The van der Waals surface area contributed by atoms with Gasteiger partial charge in [-0.15, -0.1) is 0 Å². The van der Waals surface area contributed by atoms with Crippen molar-refractivity contribution >= 4 is 29.2 Å². The van der Waals surface area contributed by atoms with Gasteiger partial charge in [0, 0.05) is 11.8 Å². The summed E-state index contributed by atoms with van der Waals surface area (Å²) in [4.78, 5) is 28.4. The third-order valence-corrected chi connectivity index (χ3v) is 2.96. The molecule has 7 heteroatoms. The van der Waals surface area contributed by atoms with Gasteiger partial charge in [-0.3, -0.25) is 4.79 Å². The van der Waals surface area contributed by atoms with Crippen molar-refractivity contribution in [2.24, 2.45) is 0 Å². The zero-order valence-corrected chi connectivity index (χ0v) is 10.3. The quantitative estimate of drug-likeness (QED) is 0.887. The van der Waals surface area contributed by atoms with E-state index in [0.717, 1.165) is 6.20 Å². The zero-order chi connectivity index (χ0) is 13.3. The Bertz CT molecular complexity index is 682. The lowest BCUT2D eigenvalue weighted by Gasteiger charge is -2.03. The van der Waals surface area contributed by atoms with Crippen molar-refractivity contribution in [3.8, 4) is 11.4 Å². The minimum absolute atomic E-state index is 0.226. The van der Waals surface area contributed by atoms with Crippen LogP contribution in [0.25, 0.3) is 11.4 Å². The summed E-state index contributed by atoms with van der Waals surface area (Å²) in [5, 5.41) is 9.41. The number of carboxylic acids is 1. The lowest BCUT2D eigenvalue weighted by atomic mass is 10.2. The van der Waals surface area contributed by atoms with Crippen LogP contribution in [-0.2, 0) is 0 Å². The standard InChI is InChI=1S/C11H6Cl2N2O3/c12-7-2-1-5(3-8(7)13)9-14-4-6(11(17)18)10(16)15-9/h1-4H,(H,17,18)(H,14,15,16). The molecule has 0 saturated carbocycles. The molecule has 5 nitrogen and oxygen atoms in total. The lowest BCUT2D eigenvalue weighted by molar-refractivity contribution is 0.0694. The summed E-state index contributed by atoms with van der Waals surface area (Å²) in [5.74, 6) is -1.10. The minimum atomic E-state index is -1.33. The van der Waals surface area contributed by atoms with Crippen molar-refractivity contribution in [2.45, 2.75) is 0 Å². The Balaban J connectivity index is 2.52. The predicted molar refractivity (Wildman–Crippen MR) is 67.3 cm³/mol. The smallest absolute Gasteiger partial charge is 0.342 e. The molecule has 0 unspecified atom stereocenters. The van der Waals surface area contributed by atoms with Crippen LogP contribution in [0.1, 0.15) is 10.4 Å². The van der Waals surface area contributed by atoms with Crippen molar-refractivity contribution < 1.29 is 9.90 Å². The molecule has 2 aromatic rings. The lowest BCUT2D eigenvalue weighted by Crippen LogP contribution is -2.18. The molecule has 92 valence electrons. The van der Waals surface area contributed by atoms with Gasteiger partial charge in [-0.1, -0.05) is 23.2 Å². The molecule has 0 bridgehead atoms. The largest absolute Gasteiger partial charge is 0.477 e. The number of H-pyrrole nitrogens is 1. The van der Waals surface area contributed by atoms with Crippen molar-refractivity contribution in [2.75, 3.05) is 0 Å². The van der Waals surface area contributed by atoms with E-state index in [1.807, 2.05) is 0 Å². The molecule has 18 heavy (non-hydrogen) atoms. The first kappa shape index (κ1) is 12.6. The Kier molecular flexibility index (Phi) is 3.36. The molecule has 0 radical (unpaired) electrons. The van der Waals surface area contributed by atoms with Crippen LogP contribution >= 0.6 is 23.2 Å². The number of aromatic amines is 1. The first-order chi connectivity index (χ1) is 8.49. The van der Waals surface area contributed by atoms with E-state index in [0.29, 0.717) is 15.6 Å². The van der Waals surface area contributed by atoms with E-state index in [-0.39, 0.29) is 5.82 Å². The Morgan fingerprint density at radius 1 is 1.28 bits per heavy atom. The molecule has 0 amide bonds. The van der Waals surface area contributed by atoms with Gasteiger partial charge in [0.15, 0.2) is 0 Å². The second-order valence-corrected chi connectivity index (χ2v) is 4.22. The van der Waals surface area contributed by atoms with Crippen LogP contribution in [0.15, 0.2) is 29.2 Å². The Morgan fingerprint density at radius 3 is 2.56 bits per heavy atom. The molecule has 0 aliphatic rings. The van der Waals surface area contributed by atoms with E-state index in [1.54, 1.807) is 12.1 Å². The number of hydrogen-bond acceptors (Lipinski definition) is 3. The number of carboxylic acid groups (broad SMARTS) is 1. The van der Waals surface area contributed by atoms with E-state index in [4.69, 9.17) is 28.3 Å². The summed E-state index contributed by atoms with van der Waals surface area (Å²) in [6.07, 6.45) is 0.999. The molecule has 1 aromatic heterocycles. The highest BCUT2D eigenvalue weighted by molar-refractivity contribution is 6.42. The van der Waals surface area contributed by atoms with E-state index in [9.17, 15) is 9.59 Å². The summed E-state index contributed by atoms with van der Waals surface area (Å²) in [7, 11) is 0. The van der Waals surface area contributed by atoms with Crippen LogP contribution < -0.4 is 5.56 Å². The molecule has 2 rings (SSSR count). The third-order valence-electron chi connectivity index (χ3n) is 2.22. The fraction of sp³-hybridized carbons (Fsp3) is 0. The van der Waals surface area contributed by atoms with Crippen LogP contribution in [0.2, 0.25) is 10.0 Å². The summed E-state index contributed by atoms with van der Waals surface area (Å²) < 4.78 is 0. The van der Waals surface area contributed by atoms with Gasteiger partial charge >= 0.3 is 5.97 Å². The topological polar surface area (TPSA) is 83.0 Å². The van der Waals surface area contributed by atoms with E-state index >= 15 is 0 Å². The SMILES string of the molecule is O=C(O)c1cnc(-c2ccc(Cl)c(Cl)c2)[nH]c1=O. The Labute approximate surface area is 111 Å². The molecular weight excluding hydrogens is 279 g/mol. The first-order valence-corrected chi connectivity index (χ1v) is 5.52. The van der Waals surface area contributed by atoms with Crippen LogP contribution in [0, 0.1) is 0 Å². The molecule has 0 saturated heterocycles. The first-order valence-electron chi connectivity index (χ1n) is 4.77. The molecular formula is C11H6Cl2N2O3. The number of aromatic nitrogens is 2. The third kappa shape index (κ3) is 2.37. The van der Waals surface area contributed by atoms with Gasteiger partial charge < -0.3 is 10.1 Å². The number of nitrogens with zero attached hydrogens (tertiary/aromatic N) is 1. The van der Waals surface area contributed by atoms with Crippen molar-refractivity contribution in [3.63, 3.8) is 0 Å². The minimum Gasteiger partial charge on any atom is -0.477 e. The predicted octanol–water partition coefficient (Wildman–Crippen LogP) is 2.44. The number of rotatable bonds is 2. The van der Waals surface area contributed by atoms with E-state index in [2.05, 4.69) is 9.97 Å². The fourth-order valence-corrected chi connectivity index (χ4v) is 1.64. The summed E-state index contributed by atoms with van der Waals surface area (Å²) in [6, 6.07) is 4.71. The highest BCUT2D eigenvalue weighted by atomic mass is 35.5. The van der Waals surface area contributed by atoms with Crippen LogP contribution in [0.3, 0.4) is 0 Å². The Hall–Kier alpha value is -1.85. The van der Waals surface area contributed by atoms with E-state index in [1.165, 1.54) is 6.07 Å². The van der Waals surface area contributed by atoms with E-state index < -0.39 is 17.1 Å². The maximum atomic E-state index is 11.5. The monoisotopic (exact) mass is 284 g/mol. The molecule has 2 N–H and O–H groups in total. The van der Waals surface area contributed by atoms with Crippen molar-refractivity contribution in [1.82, 2.24) is 9.97 Å². The highest BCUT2D eigenvalue weighted by Crippen LogP contribution is 2.26. The second kappa shape index (κ2) is 4.80. The summed E-state index contributed by atoms with van der Waals surface area (Å²) >= 11 is 11.6. The molecule has 0 atom stereocenters. The van der Waals surface area contributed by atoms with Gasteiger partial charge in [0.05, 0.1) is 10.0 Å². The van der Waals surface area contributed by atoms with Gasteiger partial charge in [-0.25, -0.2) is 9.78 Å². The van der Waals surface area contributed by atoms with Crippen LogP contribution in [-0.4, -0.2) is 21.0 Å². The van der Waals surface area contributed by atoms with Gasteiger partial charge in [0.25, 0.3) is 5.56 Å². The van der Waals surface area contributed by atoms with Gasteiger partial charge in [-0.2, -0.15) is 0 Å². The molecule has 0 aliphatic heterocycles. The molecule has 1 heterocycles. The number of aromatic carboxylic acids is 1. The van der Waals surface area contributed by atoms with Gasteiger partial charge in [0.2, 0.25) is 0 Å². The number of hydrogen-bond donors (Lipinski definition) is 2. The summed E-state index contributed by atoms with van der Waals surface area (Å²) in [5.41, 5.74) is -0.601. The number of halogens is 2. The zero-order valence-electron chi connectivity index (χ0n) is 8.78. The van der Waals surface area contributed by atoms with Crippen molar-refractivity contribution in [1.29, 1.82) is 0 Å². The average Bonchev–Trinajstić information content (AvgIpc) is 2.32. The normalized spacial score (nSPS) is 10.3. The number of carbonyl (C=O) groups is 1. The summed E-state index contributed by atoms with van der Waals surface area (Å²) in [6.45, 7) is 0. The number of nitrogens with one attached hydrogen (secondary N) is 1. The maximum absolute atomic E-state index is 11.5. The highest BCUT2D eigenvalue weighted by Gasteiger charge is 2.11. The average molecular weight is 285 g/mol. The Morgan fingerprint density at radius 2 is 2.00 bits per heavy atom. The van der Waals surface area contributed by atoms with Crippen LogP contribution in [0.4, 0.5) is 0 Å². The fourth-order valence-electron chi connectivity index (χ4n) is 1.34. The molecule has 0 fully saturated rings. The molecule has 0 aliphatic carbocycles.